The van der Waals surface area contributed by atoms with Crippen LogP contribution in [0.4, 0.5) is 13.2 Å². The van der Waals surface area contributed by atoms with Gasteiger partial charge in [0.2, 0.25) is 10.0 Å². The summed E-state index contributed by atoms with van der Waals surface area (Å²) in [4.78, 5) is 14.2. The van der Waals surface area contributed by atoms with Gasteiger partial charge in [-0.3, -0.25) is 4.79 Å². The molecule has 1 amide bonds. The summed E-state index contributed by atoms with van der Waals surface area (Å²) in [5.41, 5.74) is 0.198. The molecule has 162 valence electrons. The van der Waals surface area contributed by atoms with Gasteiger partial charge in [-0.1, -0.05) is 0 Å². The van der Waals surface area contributed by atoms with E-state index in [1.165, 1.54) is 46.6 Å². The van der Waals surface area contributed by atoms with Gasteiger partial charge in [-0.05, 0) is 42.5 Å². The number of carbonyl (C=O) groups is 1. The molecule has 0 N–H and O–H groups in total. The lowest BCUT2D eigenvalue weighted by Gasteiger charge is -2.34. The number of methoxy groups -OCH3 is 1. The van der Waals surface area contributed by atoms with Crippen molar-refractivity contribution >= 4 is 15.9 Å². The zero-order valence-corrected chi connectivity index (χ0v) is 16.7. The van der Waals surface area contributed by atoms with E-state index in [4.69, 9.17) is 4.74 Å². The molecule has 1 fully saturated rings. The number of carbonyl (C=O) groups excluding carboxylic acids is 1. The molecule has 0 saturated carbocycles. The quantitative estimate of drug-likeness (QED) is 0.685. The van der Waals surface area contributed by atoms with E-state index in [2.05, 4.69) is 4.74 Å². The second kappa shape index (κ2) is 8.92. The lowest BCUT2D eigenvalue weighted by Crippen LogP contribution is -2.50. The monoisotopic (exact) mass is 444 g/mol. The predicted molar refractivity (Wildman–Crippen MR) is 101 cm³/mol. The Morgan fingerprint density at radius 2 is 1.63 bits per heavy atom. The van der Waals surface area contributed by atoms with Gasteiger partial charge in [0.1, 0.15) is 5.82 Å². The Morgan fingerprint density at radius 3 is 2.20 bits per heavy atom. The van der Waals surface area contributed by atoms with Crippen molar-refractivity contribution < 1.29 is 35.9 Å². The molecule has 0 aliphatic carbocycles. The second-order valence-corrected chi connectivity index (χ2v) is 8.33. The number of sulfonamides is 1. The number of ether oxygens (including phenoxy) is 2. The SMILES string of the molecule is COc1cc(C(=O)N2CCN(S(=O)(=O)c3ccc(F)cc3)CC2)ccc1OC(F)F. The molecular formula is C19H19F3N2O5S. The van der Waals surface area contributed by atoms with Crippen LogP contribution >= 0.6 is 0 Å². The first kappa shape index (κ1) is 21.9. The molecule has 1 aliphatic heterocycles. The van der Waals surface area contributed by atoms with E-state index in [0.717, 1.165) is 12.1 Å². The maximum atomic E-state index is 13.1. The van der Waals surface area contributed by atoms with Gasteiger partial charge in [0, 0.05) is 31.7 Å². The minimum absolute atomic E-state index is 0.0151. The number of halogens is 3. The molecule has 1 saturated heterocycles. The zero-order chi connectivity index (χ0) is 21.9. The normalized spacial score (nSPS) is 15.3. The molecule has 0 radical (unpaired) electrons. The van der Waals surface area contributed by atoms with Crippen molar-refractivity contribution in [3.8, 4) is 11.5 Å². The summed E-state index contributed by atoms with van der Waals surface area (Å²) >= 11 is 0. The fourth-order valence-corrected chi connectivity index (χ4v) is 4.49. The molecule has 1 aliphatic rings. The van der Waals surface area contributed by atoms with E-state index in [1.807, 2.05) is 0 Å². The van der Waals surface area contributed by atoms with Crippen LogP contribution in [0.1, 0.15) is 10.4 Å². The average Bonchev–Trinajstić information content (AvgIpc) is 2.73. The number of nitrogens with zero attached hydrogens (tertiary/aromatic N) is 2. The molecule has 2 aromatic rings. The fraction of sp³-hybridized carbons (Fsp3) is 0.316. The van der Waals surface area contributed by atoms with Crippen molar-refractivity contribution in [1.29, 1.82) is 0 Å². The predicted octanol–water partition coefficient (Wildman–Crippen LogP) is 2.58. The van der Waals surface area contributed by atoms with Crippen molar-refractivity contribution in [3.63, 3.8) is 0 Å². The fourth-order valence-electron chi connectivity index (χ4n) is 3.06. The molecule has 0 spiro atoms. The molecule has 0 aromatic heterocycles. The highest BCUT2D eigenvalue weighted by Gasteiger charge is 2.30. The average molecular weight is 444 g/mol. The van der Waals surface area contributed by atoms with E-state index in [-0.39, 0.29) is 48.1 Å². The number of hydrogen-bond donors (Lipinski definition) is 0. The van der Waals surface area contributed by atoms with Crippen LogP contribution in [0.3, 0.4) is 0 Å². The highest BCUT2D eigenvalue weighted by atomic mass is 32.2. The van der Waals surface area contributed by atoms with Gasteiger partial charge in [-0.2, -0.15) is 13.1 Å². The summed E-state index contributed by atoms with van der Waals surface area (Å²) in [5, 5.41) is 0. The first-order chi connectivity index (χ1) is 14.2. The summed E-state index contributed by atoms with van der Waals surface area (Å²) < 4.78 is 73.8. The van der Waals surface area contributed by atoms with Crippen LogP contribution in [0, 0.1) is 5.82 Å². The Kier molecular flexibility index (Phi) is 6.52. The van der Waals surface area contributed by atoms with E-state index >= 15 is 0 Å². The minimum atomic E-state index is -3.80. The summed E-state index contributed by atoms with van der Waals surface area (Å²) in [5.74, 6) is -1.14. The first-order valence-corrected chi connectivity index (χ1v) is 10.3. The lowest BCUT2D eigenvalue weighted by molar-refractivity contribution is -0.0512. The molecule has 0 atom stereocenters. The summed E-state index contributed by atoms with van der Waals surface area (Å²) in [6.07, 6.45) is 0. The largest absolute Gasteiger partial charge is 0.493 e. The van der Waals surface area contributed by atoms with Crippen LogP contribution in [-0.2, 0) is 10.0 Å². The smallest absolute Gasteiger partial charge is 0.387 e. The third-order valence-electron chi connectivity index (χ3n) is 4.60. The minimum Gasteiger partial charge on any atom is -0.493 e. The summed E-state index contributed by atoms with van der Waals surface area (Å²) in [7, 11) is -2.53. The molecule has 30 heavy (non-hydrogen) atoms. The second-order valence-electron chi connectivity index (χ2n) is 6.39. The van der Waals surface area contributed by atoms with E-state index in [0.29, 0.717) is 0 Å². The van der Waals surface area contributed by atoms with Gasteiger partial charge < -0.3 is 14.4 Å². The maximum Gasteiger partial charge on any atom is 0.387 e. The van der Waals surface area contributed by atoms with Gasteiger partial charge in [-0.15, -0.1) is 0 Å². The standard InChI is InChI=1S/C19H19F3N2O5S/c1-28-17-12-13(2-7-16(17)29-19(21)22)18(25)23-8-10-24(11-9-23)30(26,27)15-5-3-14(20)4-6-15/h2-7,12,19H,8-11H2,1H3. The van der Waals surface area contributed by atoms with Crippen LogP contribution in [0.15, 0.2) is 47.4 Å². The number of piperazine rings is 1. The molecule has 11 heteroatoms. The zero-order valence-electron chi connectivity index (χ0n) is 15.9. The molecule has 2 aromatic carbocycles. The van der Waals surface area contributed by atoms with Gasteiger partial charge in [-0.25, -0.2) is 12.8 Å². The number of benzene rings is 2. The Morgan fingerprint density at radius 1 is 1.00 bits per heavy atom. The van der Waals surface area contributed by atoms with Crippen molar-refractivity contribution in [1.82, 2.24) is 9.21 Å². The van der Waals surface area contributed by atoms with Crippen molar-refractivity contribution in [2.45, 2.75) is 11.5 Å². The summed E-state index contributed by atoms with van der Waals surface area (Å²) in [6.45, 7) is -2.63. The van der Waals surface area contributed by atoms with E-state index in [1.54, 1.807) is 0 Å². The molecule has 3 rings (SSSR count). The van der Waals surface area contributed by atoms with E-state index < -0.39 is 28.4 Å². The number of alkyl halides is 2. The van der Waals surface area contributed by atoms with Crippen LogP contribution in [0.25, 0.3) is 0 Å². The highest BCUT2D eigenvalue weighted by molar-refractivity contribution is 7.89. The topological polar surface area (TPSA) is 76.2 Å². The number of amides is 1. The molecule has 1 heterocycles. The maximum absolute atomic E-state index is 13.1. The van der Waals surface area contributed by atoms with Crippen molar-refractivity contribution in [3.05, 3.63) is 53.8 Å². The highest BCUT2D eigenvalue weighted by Crippen LogP contribution is 2.30. The molecular weight excluding hydrogens is 425 g/mol. The molecule has 0 unspecified atom stereocenters. The van der Waals surface area contributed by atoms with Crippen LogP contribution in [-0.4, -0.2) is 63.4 Å². The van der Waals surface area contributed by atoms with Crippen LogP contribution in [0.2, 0.25) is 0 Å². The Hall–Kier alpha value is -2.79. The number of hydrogen-bond acceptors (Lipinski definition) is 5. The molecule has 0 bridgehead atoms. The van der Waals surface area contributed by atoms with Gasteiger partial charge in [0.15, 0.2) is 11.5 Å². The van der Waals surface area contributed by atoms with Crippen molar-refractivity contribution in [2.24, 2.45) is 0 Å². The third kappa shape index (κ3) is 4.68. The van der Waals surface area contributed by atoms with Gasteiger partial charge >= 0.3 is 6.61 Å². The van der Waals surface area contributed by atoms with Crippen molar-refractivity contribution in [2.75, 3.05) is 33.3 Å². The van der Waals surface area contributed by atoms with E-state index in [9.17, 15) is 26.4 Å². The van der Waals surface area contributed by atoms with Gasteiger partial charge in [0.05, 0.1) is 12.0 Å². The Bertz CT molecular complexity index is 1010. The Balaban J connectivity index is 1.69. The number of rotatable bonds is 6. The van der Waals surface area contributed by atoms with Gasteiger partial charge in [0.25, 0.3) is 5.91 Å². The lowest BCUT2D eigenvalue weighted by atomic mass is 10.1. The first-order valence-electron chi connectivity index (χ1n) is 8.90. The molecule has 7 nitrogen and oxygen atoms in total. The van der Waals surface area contributed by atoms with Crippen LogP contribution in [0.5, 0.6) is 11.5 Å². The third-order valence-corrected chi connectivity index (χ3v) is 6.52. The van der Waals surface area contributed by atoms with Crippen LogP contribution < -0.4 is 9.47 Å². The summed E-state index contributed by atoms with van der Waals surface area (Å²) in [6, 6.07) is 8.37. The Labute approximate surface area is 171 Å².